The van der Waals surface area contributed by atoms with Gasteiger partial charge in [-0.1, -0.05) is 6.42 Å². The van der Waals surface area contributed by atoms with Gasteiger partial charge in [-0.05, 0) is 44.6 Å². The lowest BCUT2D eigenvalue weighted by Gasteiger charge is -2.35. The van der Waals surface area contributed by atoms with Crippen molar-refractivity contribution >= 4 is 11.9 Å². The predicted molar refractivity (Wildman–Crippen MR) is 82.4 cm³/mol. The Balaban J connectivity index is 1.39. The fourth-order valence-electron chi connectivity index (χ4n) is 3.99. The van der Waals surface area contributed by atoms with E-state index in [0.717, 1.165) is 43.5 Å². The second-order valence-electron chi connectivity index (χ2n) is 7.17. The molecule has 6 heteroatoms. The van der Waals surface area contributed by atoms with Gasteiger partial charge >= 0.3 is 5.97 Å². The van der Waals surface area contributed by atoms with Crippen molar-refractivity contribution < 1.29 is 14.3 Å². The van der Waals surface area contributed by atoms with Gasteiger partial charge in [0.1, 0.15) is 5.60 Å². The van der Waals surface area contributed by atoms with E-state index in [-0.39, 0.29) is 24.2 Å². The van der Waals surface area contributed by atoms with Crippen molar-refractivity contribution in [3.05, 3.63) is 17.5 Å². The highest BCUT2D eigenvalue weighted by Gasteiger charge is 2.52. The van der Waals surface area contributed by atoms with Gasteiger partial charge in [0.15, 0.2) is 0 Å². The first-order chi connectivity index (χ1) is 11.2. The number of carbonyl (C=O) groups excluding carboxylic acids is 2. The molecule has 1 aromatic heterocycles. The quantitative estimate of drug-likeness (QED) is 0.834. The van der Waals surface area contributed by atoms with Crippen molar-refractivity contribution in [2.45, 2.75) is 69.4 Å². The Bertz CT molecular complexity index is 614. The summed E-state index contributed by atoms with van der Waals surface area (Å²) in [4.78, 5) is 24.4. The number of nitrogens with zero attached hydrogens (tertiary/aromatic N) is 1. The fraction of sp³-hybridized carbons (Fsp3) is 0.706. The molecule has 1 atom stereocenters. The van der Waals surface area contributed by atoms with Crippen LogP contribution in [0.15, 0.2) is 6.07 Å². The van der Waals surface area contributed by atoms with Gasteiger partial charge in [0, 0.05) is 5.92 Å². The molecule has 2 N–H and O–H groups in total. The largest absolute Gasteiger partial charge is 0.458 e. The number of hydrogen-bond donors (Lipinski definition) is 2. The van der Waals surface area contributed by atoms with Gasteiger partial charge < -0.3 is 10.1 Å². The molecule has 1 aliphatic heterocycles. The number of amides is 1. The van der Waals surface area contributed by atoms with Crippen LogP contribution in [-0.4, -0.2) is 27.7 Å². The van der Waals surface area contributed by atoms with E-state index < -0.39 is 5.60 Å². The Hall–Kier alpha value is -1.85. The first-order valence-corrected chi connectivity index (χ1v) is 8.70. The predicted octanol–water partition coefficient (Wildman–Crippen LogP) is 2.17. The van der Waals surface area contributed by atoms with Gasteiger partial charge in [-0.15, -0.1) is 0 Å². The highest BCUT2D eigenvalue weighted by atomic mass is 16.6. The summed E-state index contributed by atoms with van der Waals surface area (Å²) in [5.74, 6) is -0.0480. The lowest BCUT2D eigenvalue weighted by atomic mass is 9.75. The molecule has 0 unspecified atom stereocenters. The number of ether oxygens (including phenoxy) is 1. The normalized spacial score (nSPS) is 26.3. The second kappa shape index (κ2) is 5.65. The number of aromatic nitrogens is 2. The summed E-state index contributed by atoms with van der Waals surface area (Å²) in [5.41, 5.74) is 1.47. The lowest BCUT2D eigenvalue weighted by Crippen LogP contribution is -2.45. The van der Waals surface area contributed by atoms with Crippen molar-refractivity contribution in [1.82, 2.24) is 15.5 Å². The molecule has 0 aromatic carbocycles. The summed E-state index contributed by atoms with van der Waals surface area (Å²) in [7, 11) is 0. The van der Waals surface area contributed by atoms with Gasteiger partial charge in [0.05, 0.1) is 30.3 Å². The number of rotatable bonds is 4. The zero-order chi connectivity index (χ0) is 15.9. The second-order valence-corrected chi connectivity index (χ2v) is 7.17. The number of nitrogens with one attached hydrogen (secondary N) is 2. The van der Waals surface area contributed by atoms with Crippen molar-refractivity contribution in [3.8, 4) is 0 Å². The van der Waals surface area contributed by atoms with Crippen molar-refractivity contribution in [3.63, 3.8) is 0 Å². The molecule has 2 aliphatic carbocycles. The van der Waals surface area contributed by atoms with Crippen LogP contribution in [0.2, 0.25) is 0 Å². The van der Waals surface area contributed by atoms with E-state index in [9.17, 15) is 9.59 Å². The van der Waals surface area contributed by atoms with Crippen LogP contribution in [0.4, 0.5) is 0 Å². The van der Waals surface area contributed by atoms with Crippen LogP contribution in [0.25, 0.3) is 0 Å². The molecule has 1 saturated heterocycles. The number of aromatic amines is 1. The summed E-state index contributed by atoms with van der Waals surface area (Å²) < 4.78 is 5.60. The minimum atomic E-state index is -0.549. The number of esters is 1. The Labute approximate surface area is 135 Å². The number of carbonyl (C=O) groups is 2. The summed E-state index contributed by atoms with van der Waals surface area (Å²) in [5, 5.41) is 10.2. The molecule has 4 rings (SSSR count). The molecular weight excluding hydrogens is 294 g/mol. The zero-order valence-corrected chi connectivity index (χ0v) is 13.3. The molecule has 1 aromatic rings. The number of H-pyrrole nitrogens is 1. The topological polar surface area (TPSA) is 84.1 Å². The molecule has 6 nitrogen and oxygen atoms in total. The molecular formula is C17H23N3O3. The van der Waals surface area contributed by atoms with Crippen LogP contribution in [-0.2, 0) is 20.9 Å². The van der Waals surface area contributed by atoms with Crippen LogP contribution in [0.1, 0.15) is 68.7 Å². The minimum absolute atomic E-state index is 0.0691. The van der Waals surface area contributed by atoms with E-state index >= 15 is 0 Å². The molecule has 124 valence electrons. The SMILES string of the molecule is O=C1C[C@H](C(=O)NCc2cc(C3CC3)n[nH]2)C2(CCCCC2)O1. The van der Waals surface area contributed by atoms with E-state index in [2.05, 4.69) is 15.5 Å². The van der Waals surface area contributed by atoms with Gasteiger partial charge in [-0.2, -0.15) is 5.10 Å². The van der Waals surface area contributed by atoms with Crippen LogP contribution >= 0.6 is 0 Å². The highest BCUT2D eigenvalue weighted by molar-refractivity contribution is 5.87. The Morgan fingerprint density at radius 1 is 1.35 bits per heavy atom. The molecule has 2 saturated carbocycles. The third-order valence-electron chi connectivity index (χ3n) is 5.44. The average Bonchev–Trinajstić information content (AvgIpc) is 3.21. The Morgan fingerprint density at radius 3 is 2.87 bits per heavy atom. The molecule has 1 spiro atoms. The lowest BCUT2D eigenvalue weighted by molar-refractivity contribution is -0.153. The van der Waals surface area contributed by atoms with Crippen LogP contribution in [0.5, 0.6) is 0 Å². The first kappa shape index (κ1) is 14.7. The van der Waals surface area contributed by atoms with Gasteiger partial charge in [-0.25, -0.2) is 0 Å². The fourth-order valence-corrected chi connectivity index (χ4v) is 3.99. The van der Waals surface area contributed by atoms with Gasteiger partial charge in [-0.3, -0.25) is 14.7 Å². The summed E-state index contributed by atoms with van der Waals surface area (Å²) in [6.07, 6.45) is 7.47. The summed E-state index contributed by atoms with van der Waals surface area (Å²) in [6.45, 7) is 0.430. The van der Waals surface area contributed by atoms with E-state index in [1.54, 1.807) is 0 Å². The maximum atomic E-state index is 12.6. The van der Waals surface area contributed by atoms with E-state index in [1.165, 1.54) is 12.8 Å². The standard InChI is InChI=1S/C17H23N3O3/c21-15-9-13(17(23-15)6-2-1-3-7-17)16(22)18-10-12-8-14(20-19-12)11-4-5-11/h8,11,13H,1-7,9-10H2,(H,18,22)(H,19,20)/t13-/m1/s1. The van der Waals surface area contributed by atoms with Crippen LogP contribution in [0, 0.1) is 5.92 Å². The molecule has 23 heavy (non-hydrogen) atoms. The van der Waals surface area contributed by atoms with Crippen LogP contribution in [0.3, 0.4) is 0 Å². The average molecular weight is 317 g/mol. The van der Waals surface area contributed by atoms with Crippen molar-refractivity contribution in [1.29, 1.82) is 0 Å². The van der Waals surface area contributed by atoms with Gasteiger partial charge in [0.25, 0.3) is 0 Å². The minimum Gasteiger partial charge on any atom is -0.458 e. The third kappa shape index (κ3) is 2.86. The first-order valence-electron chi connectivity index (χ1n) is 8.70. The smallest absolute Gasteiger partial charge is 0.307 e. The van der Waals surface area contributed by atoms with E-state index in [4.69, 9.17) is 4.74 Å². The summed E-state index contributed by atoms with van der Waals surface area (Å²) >= 11 is 0. The number of hydrogen-bond acceptors (Lipinski definition) is 4. The zero-order valence-electron chi connectivity index (χ0n) is 13.3. The molecule has 3 aliphatic rings. The monoisotopic (exact) mass is 317 g/mol. The maximum Gasteiger partial charge on any atom is 0.307 e. The third-order valence-corrected chi connectivity index (χ3v) is 5.44. The molecule has 2 heterocycles. The van der Waals surface area contributed by atoms with E-state index in [1.807, 2.05) is 6.07 Å². The van der Waals surface area contributed by atoms with E-state index in [0.29, 0.717) is 12.5 Å². The molecule has 3 fully saturated rings. The molecule has 0 radical (unpaired) electrons. The maximum absolute atomic E-state index is 12.6. The van der Waals surface area contributed by atoms with Crippen LogP contribution < -0.4 is 5.32 Å². The van der Waals surface area contributed by atoms with Crippen molar-refractivity contribution in [2.24, 2.45) is 5.92 Å². The Morgan fingerprint density at radius 2 is 2.13 bits per heavy atom. The van der Waals surface area contributed by atoms with Crippen molar-refractivity contribution in [2.75, 3.05) is 0 Å². The molecule has 0 bridgehead atoms. The van der Waals surface area contributed by atoms with Gasteiger partial charge in [0.2, 0.25) is 5.91 Å². The highest BCUT2D eigenvalue weighted by Crippen LogP contribution is 2.44. The Kier molecular flexibility index (Phi) is 3.62. The summed E-state index contributed by atoms with van der Waals surface area (Å²) in [6, 6.07) is 2.03. The molecule has 1 amide bonds.